The van der Waals surface area contributed by atoms with Gasteiger partial charge >= 0.3 is 6.16 Å². The van der Waals surface area contributed by atoms with E-state index in [0.29, 0.717) is 49.6 Å². The molecule has 2 aromatic heterocycles. The zero-order chi connectivity index (χ0) is 25.0. The third-order valence-corrected chi connectivity index (χ3v) is 6.75. The van der Waals surface area contributed by atoms with Crippen LogP contribution in [0.3, 0.4) is 0 Å². The number of hydroxylamine groups is 2. The summed E-state index contributed by atoms with van der Waals surface area (Å²) in [6.07, 6.45) is 4.35. The fourth-order valence-electron chi connectivity index (χ4n) is 4.16. The van der Waals surface area contributed by atoms with Crippen molar-refractivity contribution < 1.29 is 24.0 Å². The Labute approximate surface area is 208 Å². The lowest BCUT2D eigenvalue weighted by Crippen LogP contribution is -2.46. The molecule has 10 nitrogen and oxygen atoms in total. The molecule has 0 radical (unpaired) electrons. The van der Waals surface area contributed by atoms with Gasteiger partial charge in [0.2, 0.25) is 11.9 Å². The van der Waals surface area contributed by atoms with E-state index in [1.54, 1.807) is 38.1 Å². The van der Waals surface area contributed by atoms with Gasteiger partial charge in [-0.05, 0) is 69.9 Å². The van der Waals surface area contributed by atoms with Crippen LogP contribution >= 0.6 is 11.3 Å². The van der Waals surface area contributed by atoms with Crippen molar-refractivity contribution in [2.45, 2.75) is 64.5 Å². The third kappa shape index (κ3) is 6.98. The van der Waals surface area contributed by atoms with Crippen molar-refractivity contribution in [3.8, 4) is 0 Å². The first-order chi connectivity index (χ1) is 16.7. The van der Waals surface area contributed by atoms with Gasteiger partial charge in [0.15, 0.2) is 0 Å². The first-order valence-electron chi connectivity index (χ1n) is 11.8. The molecular formula is C24H31N5O5S. The molecule has 0 spiro atoms. The minimum atomic E-state index is -0.724. The molecule has 1 aliphatic heterocycles. The number of thiophene rings is 1. The summed E-state index contributed by atoms with van der Waals surface area (Å²) in [6.45, 7) is 6.31. The molecule has 1 aliphatic carbocycles. The van der Waals surface area contributed by atoms with Crippen molar-refractivity contribution >= 4 is 35.3 Å². The Kier molecular flexibility index (Phi) is 7.66. The number of hydrogen-bond acceptors (Lipinski definition) is 9. The molecule has 188 valence electrons. The molecule has 1 unspecified atom stereocenters. The quantitative estimate of drug-likeness (QED) is 0.598. The topological polar surface area (TPSA) is 123 Å². The number of aromatic nitrogens is 2. The number of aryl methyl sites for hydroxylation is 1. The van der Waals surface area contributed by atoms with Crippen LogP contribution in [0.5, 0.6) is 0 Å². The molecule has 1 atom stereocenters. The second-order valence-electron chi connectivity index (χ2n) is 9.80. The van der Waals surface area contributed by atoms with E-state index < -0.39 is 11.8 Å². The van der Waals surface area contributed by atoms with Crippen LogP contribution in [0.4, 0.5) is 10.7 Å². The normalized spacial score (nSPS) is 18.9. The maximum Gasteiger partial charge on any atom is 0.528 e. The average Bonchev–Trinajstić information content (AvgIpc) is 3.33. The van der Waals surface area contributed by atoms with Crippen molar-refractivity contribution in [2.24, 2.45) is 5.92 Å². The fourth-order valence-corrected chi connectivity index (χ4v) is 4.78. The highest BCUT2D eigenvalue weighted by atomic mass is 32.1. The van der Waals surface area contributed by atoms with Crippen LogP contribution in [-0.2, 0) is 27.2 Å². The van der Waals surface area contributed by atoms with Gasteiger partial charge in [-0.3, -0.25) is 14.9 Å². The Hall–Kier alpha value is -3.05. The van der Waals surface area contributed by atoms with E-state index in [0.717, 1.165) is 17.7 Å². The minimum Gasteiger partial charge on any atom is -0.427 e. The number of hydrogen-bond donors (Lipinski definition) is 2. The Morgan fingerprint density at radius 1 is 1.17 bits per heavy atom. The zero-order valence-corrected chi connectivity index (χ0v) is 21.0. The van der Waals surface area contributed by atoms with E-state index in [-0.39, 0.29) is 23.8 Å². The first kappa shape index (κ1) is 25.1. The van der Waals surface area contributed by atoms with Crippen LogP contribution in [-0.4, -0.2) is 57.7 Å². The van der Waals surface area contributed by atoms with Gasteiger partial charge in [-0.1, -0.05) is 6.07 Å². The summed E-state index contributed by atoms with van der Waals surface area (Å²) in [5.41, 5.74) is 1.27. The number of ether oxygens (including phenoxy) is 1. The summed E-state index contributed by atoms with van der Waals surface area (Å²) in [6, 6.07) is 3.59. The van der Waals surface area contributed by atoms with Crippen LogP contribution in [0.15, 0.2) is 23.7 Å². The highest BCUT2D eigenvalue weighted by Gasteiger charge is 2.30. The maximum absolute atomic E-state index is 12.8. The van der Waals surface area contributed by atoms with Crippen LogP contribution in [0.25, 0.3) is 0 Å². The molecule has 0 aromatic carbocycles. The summed E-state index contributed by atoms with van der Waals surface area (Å²) in [4.78, 5) is 51.6. The molecule has 35 heavy (non-hydrogen) atoms. The number of nitrogens with zero attached hydrogens (tertiary/aromatic N) is 3. The lowest BCUT2D eigenvalue weighted by molar-refractivity contribution is -0.158. The van der Waals surface area contributed by atoms with E-state index >= 15 is 0 Å². The molecule has 3 heterocycles. The first-order valence-corrected chi connectivity index (χ1v) is 12.7. The number of carbonyl (C=O) groups is 3. The van der Waals surface area contributed by atoms with Crippen molar-refractivity contribution in [1.82, 2.24) is 20.3 Å². The lowest BCUT2D eigenvalue weighted by Gasteiger charge is -2.32. The molecule has 2 N–H and O–H groups in total. The van der Waals surface area contributed by atoms with E-state index in [2.05, 4.69) is 20.6 Å². The number of fused-ring (bicyclic) bond motifs is 1. The summed E-state index contributed by atoms with van der Waals surface area (Å²) in [5.74, 6) is -0.0227. The summed E-state index contributed by atoms with van der Waals surface area (Å²) in [7, 11) is 0. The highest BCUT2D eigenvalue weighted by Crippen LogP contribution is 2.23. The molecule has 2 aromatic rings. The van der Waals surface area contributed by atoms with Gasteiger partial charge in [0.25, 0.3) is 5.91 Å². The third-order valence-electron chi connectivity index (χ3n) is 5.88. The highest BCUT2D eigenvalue weighted by molar-refractivity contribution is 7.12. The molecule has 1 fully saturated rings. The summed E-state index contributed by atoms with van der Waals surface area (Å²) in [5, 5.41) is 9.31. The molecule has 0 bridgehead atoms. The number of nitrogens with one attached hydrogen (secondary N) is 2. The van der Waals surface area contributed by atoms with E-state index in [1.165, 1.54) is 11.3 Å². The summed E-state index contributed by atoms with van der Waals surface area (Å²) >= 11 is 1.36. The fraction of sp³-hybridized carbons (Fsp3) is 0.542. The van der Waals surface area contributed by atoms with Gasteiger partial charge < -0.3 is 14.9 Å². The predicted molar refractivity (Wildman–Crippen MR) is 130 cm³/mol. The van der Waals surface area contributed by atoms with E-state index in [1.807, 2.05) is 11.4 Å². The second-order valence-corrected chi connectivity index (χ2v) is 10.8. The van der Waals surface area contributed by atoms with Gasteiger partial charge in [-0.25, -0.2) is 14.8 Å². The van der Waals surface area contributed by atoms with E-state index in [4.69, 9.17) is 9.57 Å². The van der Waals surface area contributed by atoms with Gasteiger partial charge in [-0.15, -0.1) is 16.4 Å². The van der Waals surface area contributed by atoms with Crippen molar-refractivity contribution in [3.63, 3.8) is 0 Å². The van der Waals surface area contributed by atoms with Crippen molar-refractivity contribution in [1.29, 1.82) is 0 Å². The monoisotopic (exact) mass is 501 g/mol. The molecular weight excluding hydrogens is 470 g/mol. The minimum absolute atomic E-state index is 0.0150. The van der Waals surface area contributed by atoms with Gasteiger partial charge in [0.1, 0.15) is 5.60 Å². The van der Waals surface area contributed by atoms with Crippen molar-refractivity contribution in [2.75, 3.05) is 18.4 Å². The Balaban J connectivity index is 1.23. The Bertz CT molecular complexity index is 1060. The SMILES string of the molecule is CC(C)(C)OC(=O)ON1CCC(C(=O)NC2CCc3nc(NC(=O)c4cccs4)ncc3C2)CC1. The number of anilines is 1. The number of piperidine rings is 1. The molecule has 11 heteroatoms. The molecule has 4 rings (SSSR count). The van der Waals surface area contributed by atoms with Crippen LogP contribution in [0, 0.1) is 5.92 Å². The summed E-state index contributed by atoms with van der Waals surface area (Å²) < 4.78 is 5.17. The van der Waals surface area contributed by atoms with Gasteiger partial charge in [0.05, 0.1) is 4.88 Å². The number of amides is 2. The van der Waals surface area contributed by atoms with E-state index in [9.17, 15) is 14.4 Å². The molecule has 2 amide bonds. The number of carbonyl (C=O) groups excluding carboxylic acids is 3. The molecule has 1 saturated heterocycles. The molecule has 2 aliphatic rings. The van der Waals surface area contributed by atoms with Crippen LogP contribution < -0.4 is 10.6 Å². The van der Waals surface area contributed by atoms with Crippen LogP contribution in [0.2, 0.25) is 0 Å². The van der Waals surface area contributed by atoms with Gasteiger partial charge in [-0.2, -0.15) is 0 Å². The largest absolute Gasteiger partial charge is 0.528 e. The molecule has 0 saturated carbocycles. The predicted octanol–water partition coefficient (Wildman–Crippen LogP) is 3.34. The lowest BCUT2D eigenvalue weighted by atomic mass is 9.91. The zero-order valence-electron chi connectivity index (χ0n) is 20.2. The van der Waals surface area contributed by atoms with Gasteiger partial charge in [0, 0.05) is 36.9 Å². The second kappa shape index (κ2) is 10.7. The standard InChI is InChI=1S/C24H31N5O5S/c1-24(2,3)33-23(32)34-29-10-8-15(9-11-29)20(30)26-17-6-7-18-16(13-17)14-25-22(27-18)28-21(31)19-5-4-12-35-19/h4-5,12,14-15,17H,6-11,13H2,1-3H3,(H,26,30)(H,25,27,28,31). The smallest absolute Gasteiger partial charge is 0.427 e. The average molecular weight is 502 g/mol. The van der Waals surface area contributed by atoms with Crippen LogP contribution in [0.1, 0.15) is 61.0 Å². The Morgan fingerprint density at radius 3 is 2.63 bits per heavy atom. The Morgan fingerprint density at radius 2 is 1.94 bits per heavy atom. The van der Waals surface area contributed by atoms with Crippen molar-refractivity contribution in [3.05, 3.63) is 39.8 Å². The maximum atomic E-state index is 12.8. The number of rotatable bonds is 5.